The number of H-pyrrole nitrogens is 1. The summed E-state index contributed by atoms with van der Waals surface area (Å²) in [5.41, 5.74) is 3.79. The van der Waals surface area contributed by atoms with E-state index in [0.717, 1.165) is 27.9 Å². The monoisotopic (exact) mass is 255 g/mol. The van der Waals surface area contributed by atoms with Crippen molar-refractivity contribution in [3.05, 3.63) is 60.9 Å². The van der Waals surface area contributed by atoms with Crippen LogP contribution in [0.1, 0.15) is 5.82 Å². The molecule has 0 bridgehead atoms. The Morgan fingerprint density at radius 2 is 1.70 bits per heavy atom. The first-order chi connectivity index (χ1) is 9.40. The van der Waals surface area contributed by atoms with E-state index in [1.807, 2.05) is 55.1 Å². The average molecular weight is 255 g/mol. The Morgan fingerprint density at radius 3 is 2.55 bits per heavy atom. The van der Waals surface area contributed by atoms with Crippen LogP contribution >= 0.6 is 0 Å². The van der Waals surface area contributed by atoms with Gasteiger partial charge >= 0.3 is 18.9 Å². The van der Waals surface area contributed by atoms with Crippen molar-refractivity contribution in [1.29, 1.82) is 0 Å². The summed E-state index contributed by atoms with van der Waals surface area (Å²) in [6, 6.07) is 15.8. The molecule has 0 radical (unpaired) electrons. The van der Waals surface area contributed by atoms with Gasteiger partial charge in [0.1, 0.15) is 0 Å². The van der Waals surface area contributed by atoms with Crippen LogP contribution in [-0.2, 0) is 0 Å². The predicted octanol–water partition coefficient (Wildman–Crippen LogP) is -0.630. The van der Waals surface area contributed by atoms with Crippen LogP contribution in [0, 0.1) is 6.54 Å². The van der Waals surface area contributed by atoms with Crippen LogP contribution in [-0.4, -0.2) is 25.0 Å². The Bertz CT molecular complexity index is 831. The first-order valence-corrected chi connectivity index (χ1v) is 6.00. The van der Waals surface area contributed by atoms with Crippen LogP contribution in [0.2, 0.25) is 0 Å². The Hall–Kier alpha value is -2.22. The number of hydrogen-bond donors (Lipinski definition) is 1. The van der Waals surface area contributed by atoms with Crippen LogP contribution < -0.4 is 18.9 Å². The Balaban J connectivity index is 0.00000121. The van der Waals surface area contributed by atoms with Gasteiger partial charge in [0.05, 0.1) is 16.9 Å². The van der Waals surface area contributed by atoms with Crippen molar-refractivity contribution < 1.29 is 18.9 Å². The number of para-hydroxylation sites is 3. The Kier molecular flexibility index (Phi) is 3.23. The molecule has 0 saturated heterocycles. The van der Waals surface area contributed by atoms with E-state index in [-0.39, 0.29) is 18.9 Å². The van der Waals surface area contributed by atoms with E-state index >= 15 is 0 Å². The zero-order chi connectivity index (χ0) is 12.7. The quantitative estimate of drug-likeness (QED) is 0.383. The smallest absolute Gasteiger partial charge is 0.371 e. The minimum atomic E-state index is 0. The summed E-state index contributed by atoms with van der Waals surface area (Å²) in [7, 11) is 0. The summed E-state index contributed by atoms with van der Waals surface area (Å²) < 4.78 is 1.73. The average Bonchev–Trinajstić information content (AvgIpc) is 3.03. The van der Waals surface area contributed by atoms with Crippen LogP contribution in [0.5, 0.6) is 0 Å². The number of nitrogens with zero attached hydrogens (tertiary/aromatic N) is 4. The topological polar surface area (TPSA) is 59.4 Å². The molecule has 2 aromatic heterocycles. The van der Waals surface area contributed by atoms with Crippen LogP contribution in [0.25, 0.3) is 22.1 Å². The molecule has 0 atom stereocenters. The zero-order valence-corrected chi connectivity index (χ0v) is 11.0. The van der Waals surface area contributed by atoms with E-state index in [1.165, 1.54) is 0 Å². The fraction of sp³-hybridized carbons (Fsp3) is 0. The number of aromatic nitrogens is 5. The molecule has 0 amide bonds. The van der Waals surface area contributed by atoms with Gasteiger partial charge in [-0.05, 0) is 12.1 Å². The van der Waals surface area contributed by atoms with Crippen molar-refractivity contribution in [2.24, 2.45) is 0 Å². The minimum Gasteiger partial charge on any atom is -0.371 e. The fourth-order valence-corrected chi connectivity index (χ4v) is 2.13. The summed E-state index contributed by atoms with van der Waals surface area (Å²) >= 11 is 0. The molecule has 5 nitrogen and oxygen atoms in total. The van der Waals surface area contributed by atoms with Gasteiger partial charge in [-0.3, -0.25) is 0 Å². The third kappa shape index (κ3) is 2.07. The van der Waals surface area contributed by atoms with Gasteiger partial charge in [0.15, 0.2) is 0 Å². The number of benzene rings is 2. The fourth-order valence-electron chi connectivity index (χ4n) is 2.13. The first kappa shape index (κ1) is 12.8. The maximum Gasteiger partial charge on any atom is 1.00 e. The van der Waals surface area contributed by atoms with Gasteiger partial charge in [-0.2, -0.15) is 5.10 Å². The second kappa shape index (κ2) is 5.04. The third-order valence-corrected chi connectivity index (χ3v) is 3.03. The van der Waals surface area contributed by atoms with Crippen molar-refractivity contribution in [3.8, 4) is 0 Å². The van der Waals surface area contributed by atoms with Crippen molar-refractivity contribution in [3.63, 3.8) is 0 Å². The Morgan fingerprint density at radius 1 is 0.950 bits per heavy atom. The zero-order valence-electron chi connectivity index (χ0n) is 11.0. The summed E-state index contributed by atoms with van der Waals surface area (Å²) in [5, 5.41) is 8.22. The van der Waals surface area contributed by atoms with Gasteiger partial charge in [0, 0.05) is 5.52 Å². The molecule has 0 aliphatic rings. The van der Waals surface area contributed by atoms with E-state index in [1.54, 1.807) is 4.68 Å². The molecule has 6 heteroatoms. The van der Waals surface area contributed by atoms with Crippen LogP contribution in [0.3, 0.4) is 0 Å². The number of aromatic amines is 1. The van der Waals surface area contributed by atoms with Crippen molar-refractivity contribution >= 4 is 22.1 Å². The van der Waals surface area contributed by atoms with E-state index in [0.29, 0.717) is 0 Å². The maximum atomic E-state index is 4.49. The second-order valence-corrected chi connectivity index (χ2v) is 4.29. The molecule has 0 spiro atoms. The normalized spacial score (nSPS) is 10.6. The number of imidazole rings is 1. The van der Waals surface area contributed by atoms with Crippen molar-refractivity contribution in [2.75, 3.05) is 0 Å². The molecular formula is C14H10LiN5. The van der Waals surface area contributed by atoms with E-state index < -0.39 is 0 Å². The number of nitrogens with one attached hydrogen (secondary N) is 1. The number of rotatable bonds is 2. The van der Waals surface area contributed by atoms with Crippen LogP contribution in [0.15, 0.2) is 48.5 Å². The standard InChI is InChI=1S/C14H10N5.Li/c1-2-6-11-10(5-1)15-14(16-11)9-19-13-8-4-3-7-12(13)17-18-19;/h1-9H,(H,15,16);/q-1;+1. The second-order valence-electron chi connectivity index (χ2n) is 4.29. The van der Waals surface area contributed by atoms with Gasteiger partial charge in [-0.15, -0.1) is 6.07 Å². The number of hydrogen-bond acceptors (Lipinski definition) is 3. The van der Waals surface area contributed by atoms with Gasteiger partial charge in [-0.25, -0.2) is 4.98 Å². The molecule has 4 aromatic rings. The van der Waals surface area contributed by atoms with Crippen LogP contribution in [0.4, 0.5) is 0 Å². The van der Waals surface area contributed by atoms with Gasteiger partial charge in [0.25, 0.3) is 0 Å². The van der Waals surface area contributed by atoms with Gasteiger partial charge < -0.3 is 9.67 Å². The van der Waals surface area contributed by atoms with Gasteiger partial charge in [0.2, 0.25) is 0 Å². The molecule has 20 heavy (non-hydrogen) atoms. The van der Waals surface area contributed by atoms with E-state index in [2.05, 4.69) is 20.3 Å². The molecule has 2 heterocycles. The third-order valence-electron chi connectivity index (χ3n) is 3.03. The summed E-state index contributed by atoms with van der Waals surface area (Å²) in [6.45, 7) is 1.84. The maximum absolute atomic E-state index is 4.49. The molecular weight excluding hydrogens is 245 g/mol. The van der Waals surface area contributed by atoms with Crippen molar-refractivity contribution in [1.82, 2.24) is 25.0 Å². The minimum absolute atomic E-state index is 0. The Labute approximate surface area is 127 Å². The molecule has 4 rings (SSSR count). The van der Waals surface area contributed by atoms with E-state index in [9.17, 15) is 0 Å². The number of fused-ring (bicyclic) bond motifs is 2. The molecule has 1 N–H and O–H groups in total. The first-order valence-electron chi connectivity index (χ1n) is 6.00. The molecule has 0 aliphatic carbocycles. The SMILES string of the molecule is [Li+].c1ccc2[nH]c([CH-]n3nnc4ccccc43)nc2c1. The predicted molar refractivity (Wildman–Crippen MR) is 72.4 cm³/mol. The molecule has 0 aliphatic heterocycles. The summed E-state index contributed by atoms with van der Waals surface area (Å²) in [4.78, 5) is 7.74. The molecule has 0 saturated carbocycles. The van der Waals surface area contributed by atoms with Gasteiger partial charge in [-0.1, -0.05) is 47.6 Å². The molecule has 2 aromatic carbocycles. The molecule has 92 valence electrons. The van der Waals surface area contributed by atoms with Crippen molar-refractivity contribution in [2.45, 2.75) is 0 Å². The van der Waals surface area contributed by atoms with E-state index in [4.69, 9.17) is 0 Å². The molecule has 0 fully saturated rings. The summed E-state index contributed by atoms with van der Waals surface area (Å²) in [6.07, 6.45) is 0. The molecule has 0 unspecified atom stereocenters. The largest absolute Gasteiger partial charge is 1.00 e. The summed E-state index contributed by atoms with van der Waals surface area (Å²) in [5.74, 6) is 0.761.